The Morgan fingerprint density at radius 3 is 2.22 bits per heavy atom. The van der Waals surface area contributed by atoms with Gasteiger partial charge in [-0.2, -0.15) is 0 Å². The predicted molar refractivity (Wildman–Crippen MR) is 119 cm³/mol. The van der Waals surface area contributed by atoms with Crippen molar-refractivity contribution in [1.29, 1.82) is 0 Å². The number of rotatable bonds is 9. The number of aliphatic hydroxyl groups excluding tert-OH is 1. The number of aliphatic hydroxyl groups is 1. The van der Waals surface area contributed by atoms with Crippen LogP contribution in [0.3, 0.4) is 0 Å². The van der Waals surface area contributed by atoms with Crippen LogP contribution in [-0.2, 0) is 27.4 Å². The van der Waals surface area contributed by atoms with E-state index in [9.17, 15) is 19.5 Å². The zero-order valence-corrected chi connectivity index (χ0v) is 17.4. The Bertz CT molecular complexity index is 1090. The van der Waals surface area contributed by atoms with E-state index >= 15 is 0 Å². The highest BCUT2D eigenvalue weighted by Crippen LogP contribution is 2.16. The Balaban J connectivity index is 1.59. The number of carbonyl (C=O) groups excluding carboxylic acids is 3. The van der Waals surface area contributed by atoms with E-state index in [1.807, 2.05) is 48.5 Å². The number of hydrogen-bond donors (Lipinski definition) is 4. The molecule has 5 N–H and O–H groups in total. The number of alkyl carbamates (subject to hydrolysis) is 1. The molecule has 0 bridgehead atoms. The maximum Gasteiger partial charge on any atom is 0.408 e. The van der Waals surface area contributed by atoms with Gasteiger partial charge in [-0.25, -0.2) is 4.79 Å². The minimum absolute atomic E-state index is 0.0122. The monoisotopic (exact) mass is 435 g/mol. The Hall–Kier alpha value is -3.91. The van der Waals surface area contributed by atoms with Gasteiger partial charge >= 0.3 is 6.09 Å². The van der Waals surface area contributed by atoms with Crippen LogP contribution >= 0.6 is 0 Å². The quantitative estimate of drug-likeness (QED) is 0.406. The Kier molecular flexibility index (Phi) is 7.77. The van der Waals surface area contributed by atoms with Crippen molar-refractivity contribution in [2.75, 3.05) is 6.61 Å². The van der Waals surface area contributed by atoms with Crippen LogP contribution in [0.4, 0.5) is 4.79 Å². The van der Waals surface area contributed by atoms with Gasteiger partial charge < -0.3 is 26.2 Å². The average molecular weight is 435 g/mol. The number of primary amides is 1. The lowest BCUT2D eigenvalue weighted by atomic mass is 10.0. The summed E-state index contributed by atoms with van der Waals surface area (Å²) in [6.07, 6.45) is -0.698. The van der Waals surface area contributed by atoms with Crippen molar-refractivity contribution in [3.8, 4) is 0 Å². The summed E-state index contributed by atoms with van der Waals surface area (Å²) in [6, 6.07) is 20.2. The molecular formula is C24H25N3O5. The highest BCUT2D eigenvalue weighted by atomic mass is 16.5. The van der Waals surface area contributed by atoms with Crippen LogP contribution < -0.4 is 16.4 Å². The largest absolute Gasteiger partial charge is 0.445 e. The second-order valence-corrected chi connectivity index (χ2v) is 7.29. The molecule has 0 spiro atoms. The highest BCUT2D eigenvalue weighted by molar-refractivity contribution is 5.91. The van der Waals surface area contributed by atoms with Crippen LogP contribution in [0.2, 0.25) is 0 Å². The van der Waals surface area contributed by atoms with Gasteiger partial charge in [-0.1, -0.05) is 72.8 Å². The van der Waals surface area contributed by atoms with Crippen molar-refractivity contribution in [2.24, 2.45) is 5.73 Å². The third kappa shape index (κ3) is 6.29. The van der Waals surface area contributed by atoms with E-state index in [0.29, 0.717) is 0 Å². The van der Waals surface area contributed by atoms with Gasteiger partial charge in [-0.3, -0.25) is 9.59 Å². The molecule has 8 heteroatoms. The summed E-state index contributed by atoms with van der Waals surface area (Å²) in [5, 5.41) is 16.4. The first-order valence-electron chi connectivity index (χ1n) is 10.1. The van der Waals surface area contributed by atoms with Gasteiger partial charge in [0.15, 0.2) is 0 Å². The van der Waals surface area contributed by atoms with Crippen molar-refractivity contribution in [2.45, 2.75) is 25.1 Å². The number of nitrogens with two attached hydrogens (primary N) is 1. The summed E-state index contributed by atoms with van der Waals surface area (Å²) < 4.78 is 5.07. The number of ether oxygens (including phenoxy) is 1. The fourth-order valence-electron chi connectivity index (χ4n) is 3.20. The van der Waals surface area contributed by atoms with Gasteiger partial charge in [0.1, 0.15) is 18.7 Å². The standard InChI is InChI=1S/C24H25N3O5/c25-22(29)20(13-17-10-11-18-8-4-5-9-19(18)12-17)26-23(30)21(14-28)27-24(31)32-15-16-6-2-1-3-7-16/h1-12,20-21,28H,13-15H2,(H2,25,29)(H,26,30)(H,27,31)/t20-,21+/m1/s1. The fraction of sp³-hybridized carbons (Fsp3) is 0.208. The molecule has 0 heterocycles. The van der Waals surface area contributed by atoms with Crippen molar-refractivity contribution >= 4 is 28.7 Å². The zero-order valence-electron chi connectivity index (χ0n) is 17.4. The molecule has 0 unspecified atom stereocenters. The topological polar surface area (TPSA) is 131 Å². The van der Waals surface area contributed by atoms with Crippen LogP contribution in [0, 0.1) is 0 Å². The van der Waals surface area contributed by atoms with Crippen LogP contribution in [0.1, 0.15) is 11.1 Å². The van der Waals surface area contributed by atoms with E-state index in [-0.39, 0.29) is 13.0 Å². The molecule has 3 aromatic rings. The molecule has 32 heavy (non-hydrogen) atoms. The van der Waals surface area contributed by atoms with E-state index < -0.39 is 36.6 Å². The van der Waals surface area contributed by atoms with Crippen LogP contribution in [0.15, 0.2) is 72.8 Å². The van der Waals surface area contributed by atoms with Gasteiger partial charge in [0.2, 0.25) is 11.8 Å². The molecule has 3 amide bonds. The van der Waals surface area contributed by atoms with Crippen LogP contribution in [0.25, 0.3) is 10.8 Å². The highest BCUT2D eigenvalue weighted by Gasteiger charge is 2.26. The first-order chi connectivity index (χ1) is 15.5. The van der Waals surface area contributed by atoms with Crippen molar-refractivity contribution < 1.29 is 24.2 Å². The van der Waals surface area contributed by atoms with E-state index in [1.165, 1.54) is 0 Å². The lowest BCUT2D eigenvalue weighted by Crippen LogP contribution is -2.54. The van der Waals surface area contributed by atoms with Gasteiger partial charge in [0.25, 0.3) is 0 Å². The molecule has 0 aliphatic heterocycles. The lowest BCUT2D eigenvalue weighted by Gasteiger charge is -2.20. The van der Waals surface area contributed by atoms with Crippen LogP contribution in [0.5, 0.6) is 0 Å². The fourth-order valence-corrected chi connectivity index (χ4v) is 3.20. The number of nitrogens with one attached hydrogen (secondary N) is 2. The maximum atomic E-state index is 12.6. The first kappa shape index (κ1) is 22.8. The molecular weight excluding hydrogens is 410 g/mol. The molecule has 0 aliphatic rings. The van der Waals surface area contributed by atoms with Crippen LogP contribution in [-0.4, -0.2) is 41.7 Å². The average Bonchev–Trinajstić information content (AvgIpc) is 2.81. The van der Waals surface area contributed by atoms with Gasteiger partial charge in [0, 0.05) is 6.42 Å². The Morgan fingerprint density at radius 2 is 1.53 bits per heavy atom. The summed E-state index contributed by atoms with van der Waals surface area (Å²) in [7, 11) is 0. The number of carbonyl (C=O) groups is 3. The SMILES string of the molecule is NC(=O)[C@@H](Cc1ccc2ccccc2c1)NC(=O)[C@H](CO)NC(=O)OCc1ccccc1. The number of benzene rings is 3. The predicted octanol–water partition coefficient (Wildman–Crippen LogP) is 1.64. The van der Waals surface area contributed by atoms with E-state index in [4.69, 9.17) is 10.5 Å². The molecule has 0 saturated heterocycles. The molecule has 0 aliphatic carbocycles. The molecule has 0 saturated carbocycles. The Morgan fingerprint density at radius 1 is 0.844 bits per heavy atom. The van der Waals surface area contributed by atoms with Crippen molar-refractivity contribution in [3.63, 3.8) is 0 Å². The third-order valence-electron chi connectivity index (χ3n) is 4.92. The minimum Gasteiger partial charge on any atom is -0.445 e. The smallest absolute Gasteiger partial charge is 0.408 e. The van der Waals surface area contributed by atoms with Gasteiger partial charge in [-0.05, 0) is 21.9 Å². The van der Waals surface area contributed by atoms with Crippen molar-refractivity contribution in [1.82, 2.24) is 10.6 Å². The summed E-state index contributed by atoms with van der Waals surface area (Å²) in [5.41, 5.74) is 7.06. The van der Waals surface area contributed by atoms with Crippen molar-refractivity contribution in [3.05, 3.63) is 83.9 Å². The third-order valence-corrected chi connectivity index (χ3v) is 4.92. The van der Waals surface area contributed by atoms with E-state index in [1.54, 1.807) is 24.3 Å². The lowest BCUT2D eigenvalue weighted by molar-refractivity contribution is -0.129. The second kappa shape index (κ2) is 10.9. The summed E-state index contributed by atoms with van der Waals surface area (Å²) in [5.74, 6) is -1.47. The Labute approximate surface area is 185 Å². The van der Waals surface area contributed by atoms with E-state index in [0.717, 1.165) is 21.9 Å². The molecule has 0 fully saturated rings. The molecule has 0 radical (unpaired) electrons. The molecule has 166 valence electrons. The summed E-state index contributed by atoms with van der Waals surface area (Å²) >= 11 is 0. The number of hydrogen-bond acceptors (Lipinski definition) is 5. The minimum atomic E-state index is -1.29. The number of fused-ring (bicyclic) bond motifs is 1. The first-order valence-corrected chi connectivity index (χ1v) is 10.1. The second-order valence-electron chi connectivity index (χ2n) is 7.29. The summed E-state index contributed by atoms with van der Waals surface area (Å²) in [6.45, 7) is -0.661. The summed E-state index contributed by atoms with van der Waals surface area (Å²) in [4.78, 5) is 36.5. The zero-order chi connectivity index (χ0) is 22.9. The molecule has 2 atom stereocenters. The molecule has 3 rings (SSSR count). The molecule has 3 aromatic carbocycles. The van der Waals surface area contributed by atoms with Gasteiger partial charge in [-0.15, -0.1) is 0 Å². The number of amides is 3. The van der Waals surface area contributed by atoms with Gasteiger partial charge in [0.05, 0.1) is 6.61 Å². The maximum absolute atomic E-state index is 12.6. The molecule has 8 nitrogen and oxygen atoms in total. The normalized spacial score (nSPS) is 12.5. The van der Waals surface area contributed by atoms with E-state index in [2.05, 4.69) is 10.6 Å². The molecule has 0 aromatic heterocycles.